The lowest BCUT2D eigenvalue weighted by atomic mass is 10.00. The number of carbonyl (C=O) groups is 1. The fourth-order valence-corrected chi connectivity index (χ4v) is 2.97. The van der Waals surface area contributed by atoms with Crippen LogP contribution in [0.15, 0.2) is 53.0 Å². The Morgan fingerprint density at radius 1 is 1.22 bits per heavy atom. The summed E-state index contributed by atoms with van der Waals surface area (Å²) >= 11 is 3.41. The zero-order valence-electron chi connectivity index (χ0n) is 12.4. The van der Waals surface area contributed by atoms with E-state index >= 15 is 0 Å². The molecule has 1 aromatic heterocycles. The van der Waals surface area contributed by atoms with Crippen LogP contribution in [-0.4, -0.2) is 16.2 Å². The van der Waals surface area contributed by atoms with Crippen LogP contribution in [0.1, 0.15) is 12.5 Å². The van der Waals surface area contributed by atoms with E-state index in [2.05, 4.69) is 15.9 Å². The van der Waals surface area contributed by atoms with E-state index in [1.165, 1.54) is 0 Å². The lowest BCUT2D eigenvalue weighted by Crippen LogP contribution is -2.08. The van der Waals surface area contributed by atoms with Crippen molar-refractivity contribution in [3.8, 4) is 17.0 Å². The molecular formula is C18H14BrNO3. The minimum atomic E-state index is -1.33. The molecule has 1 N–H and O–H groups in total. The van der Waals surface area contributed by atoms with E-state index in [0.29, 0.717) is 23.1 Å². The van der Waals surface area contributed by atoms with Crippen molar-refractivity contribution in [3.05, 3.63) is 58.6 Å². The zero-order valence-corrected chi connectivity index (χ0v) is 14.0. The van der Waals surface area contributed by atoms with E-state index in [-0.39, 0.29) is 0 Å². The lowest BCUT2D eigenvalue weighted by Gasteiger charge is -2.15. The Hall–Kier alpha value is -2.40. The van der Waals surface area contributed by atoms with Gasteiger partial charge in [0.2, 0.25) is 0 Å². The van der Waals surface area contributed by atoms with Gasteiger partial charge in [-0.2, -0.15) is 0 Å². The second-order valence-electron chi connectivity index (χ2n) is 5.02. The summed E-state index contributed by atoms with van der Waals surface area (Å²) in [5.74, 6) is 0.352. The third-order valence-electron chi connectivity index (χ3n) is 3.59. The van der Waals surface area contributed by atoms with E-state index in [0.717, 1.165) is 21.3 Å². The van der Waals surface area contributed by atoms with Crippen molar-refractivity contribution in [2.75, 3.05) is 0 Å². The summed E-state index contributed by atoms with van der Waals surface area (Å²) in [6.07, 6.45) is -0.714. The summed E-state index contributed by atoms with van der Waals surface area (Å²) in [6.45, 7) is 1.96. The average Bonchev–Trinajstić information content (AvgIpc) is 2.55. The molecule has 1 heterocycles. The predicted octanol–water partition coefficient (Wildman–Crippen LogP) is 5.28. The van der Waals surface area contributed by atoms with Crippen LogP contribution in [0.3, 0.4) is 0 Å². The number of benzene rings is 2. The van der Waals surface area contributed by atoms with Crippen LogP contribution in [0.5, 0.6) is 5.75 Å². The maximum atomic E-state index is 11.2. The Labute approximate surface area is 141 Å². The molecule has 3 rings (SSSR count). The number of rotatable bonds is 3. The molecule has 0 aliphatic carbocycles. The molecular weight excluding hydrogens is 358 g/mol. The molecule has 116 valence electrons. The highest BCUT2D eigenvalue weighted by molar-refractivity contribution is 9.10. The molecule has 0 saturated heterocycles. The number of aromatic nitrogens is 1. The van der Waals surface area contributed by atoms with Crippen LogP contribution in [0, 0.1) is 0 Å². The predicted molar refractivity (Wildman–Crippen MR) is 92.9 cm³/mol. The number of fused-ring (bicyclic) bond motifs is 1. The third-order valence-corrected chi connectivity index (χ3v) is 4.08. The van der Waals surface area contributed by atoms with Crippen molar-refractivity contribution in [3.63, 3.8) is 0 Å². The molecule has 4 nitrogen and oxygen atoms in total. The third kappa shape index (κ3) is 3.05. The number of halogens is 1. The van der Waals surface area contributed by atoms with E-state index < -0.39 is 6.16 Å². The highest BCUT2D eigenvalue weighted by Crippen LogP contribution is 2.37. The first-order valence-corrected chi connectivity index (χ1v) is 7.97. The summed E-state index contributed by atoms with van der Waals surface area (Å²) in [4.78, 5) is 15.9. The Morgan fingerprint density at radius 3 is 2.61 bits per heavy atom. The van der Waals surface area contributed by atoms with Crippen molar-refractivity contribution < 1.29 is 14.6 Å². The standard InChI is InChI=1S/C18H14BrNO3/c1-2-13-16(11-6-4-3-5-7-11)20-15-9-8-12(19)10-14(15)17(13)23-18(21)22/h3-10H,2H2,1H3,(H,21,22). The van der Waals surface area contributed by atoms with Crippen molar-refractivity contribution in [1.29, 1.82) is 0 Å². The summed E-state index contributed by atoms with van der Waals surface area (Å²) in [5.41, 5.74) is 3.16. The average molecular weight is 372 g/mol. The van der Waals surface area contributed by atoms with Crippen LogP contribution < -0.4 is 4.74 Å². The molecule has 23 heavy (non-hydrogen) atoms. The van der Waals surface area contributed by atoms with Crippen LogP contribution in [0.25, 0.3) is 22.2 Å². The molecule has 5 heteroatoms. The zero-order chi connectivity index (χ0) is 16.4. The van der Waals surface area contributed by atoms with Crippen LogP contribution in [-0.2, 0) is 6.42 Å². The molecule has 0 saturated carbocycles. The highest BCUT2D eigenvalue weighted by atomic mass is 79.9. The highest BCUT2D eigenvalue weighted by Gasteiger charge is 2.18. The maximum Gasteiger partial charge on any atom is 0.511 e. The van der Waals surface area contributed by atoms with Gasteiger partial charge in [0.25, 0.3) is 0 Å². The van der Waals surface area contributed by atoms with Crippen LogP contribution in [0.2, 0.25) is 0 Å². The largest absolute Gasteiger partial charge is 0.511 e. The summed E-state index contributed by atoms with van der Waals surface area (Å²) in [7, 11) is 0. The van der Waals surface area contributed by atoms with Gasteiger partial charge in [0.15, 0.2) is 0 Å². The van der Waals surface area contributed by atoms with Gasteiger partial charge in [-0.15, -0.1) is 0 Å². The smallest absolute Gasteiger partial charge is 0.449 e. The SMILES string of the molecule is CCc1c(-c2ccccc2)nc2ccc(Br)cc2c1OC(=O)O. The molecule has 0 aliphatic rings. The van der Waals surface area contributed by atoms with Crippen LogP contribution >= 0.6 is 15.9 Å². The number of pyridine rings is 1. The number of hydrogen-bond donors (Lipinski definition) is 1. The second-order valence-corrected chi connectivity index (χ2v) is 5.93. The number of nitrogens with zero attached hydrogens (tertiary/aromatic N) is 1. The van der Waals surface area contributed by atoms with Gasteiger partial charge in [-0.3, -0.25) is 0 Å². The second kappa shape index (κ2) is 6.38. The van der Waals surface area contributed by atoms with Gasteiger partial charge in [0.05, 0.1) is 11.2 Å². The molecule has 0 radical (unpaired) electrons. The Kier molecular flexibility index (Phi) is 4.30. The normalized spacial score (nSPS) is 10.7. The van der Waals surface area contributed by atoms with Gasteiger partial charge in [-0.1, -0.05) is 53.2 Å². The monoisotopic (exact) mass is 371 g/mol. The fourth-order valence-electron chi connectivity index (χ4n) is 2.61. The van der Waals surface area contributed by atoms with Gasteiger partial charge in [0, 0.05) is 21.0 Å². The maximum absolute atomic E-state index is 11.2. The number of ether oxygens (including phenoxy) is 1. The molecule has 0 aliphatic heterocycles. The minimum Gasteiger partial charge on any atom is -0.449 e. The van der Waals surface area contributed by atoms with Crippen molar-refractivity contribution >= 4 is 33.0 Å². The van der Waals surface area contributed by atoms with Crippen molar-refractivity contribution in [1.82, 2.24) is 4.98 Å². The van der Waals surface area contributed by atoms with Crippen molar-refractivity contribution in [2.24, 2.45) is 0 Å². The quantitative estimate of drug-likeness (QED) is 0.635. The van der Waals surface area contributed by atoms with E-state index in [1.54, 1.807) is 0 Å². The summed E-state index contributed by atoms with van der Waals surface area (Å²) in [6, 6.07) is 15.3. The van der Waals surface area contributed by atoms with Gasteiger partial charge in [0.1, 0.15) is 5.75 Å². The van der Waals surface area contributed by atoms with Crippen LogP contribution in [0.4, 0.5) is 4.79 Å². The Morgan fingerprint density at radius 2 is 1.96 bits per heavy atom. The molecule has 3 aromatic rings. The minimum absolute atomic E-state index is 0.352. The molecule has 0 atom stereocenters. The number of carboxylic acid groups (broad SMARTS) is 1. The Balaban J connectivity index is 2.37. The van der Waals surface area contributed by atoms with Gasteiger partial charge >= 0.3 is 6.16 Å². The number of hydrogen-bond acceptors (Lipinski definition) is 3. The van der Waals surface area contributed by atoms with E-state index in [9.17, 15) is 4.79 Å². The van der Waals surface area contributed by atoms with E-state index in [4.69, 9.17) is 14.8 Å². The molecule has 2 aromatic carbocycles. The van der Waals surface area contributed by atoms with Gasteiger partial charge < -0.3 is 9.84 Å². The van der Waals surface area contributed by atoms with E-state index in [1.807, 2.05) is 55.5 Å². The fraction of sp³-hybridized carbons (Fsp3) is 0.111. The van der Waals surface area contributed by atoms with Gasteiger partial charge in [-0.05, 0) is 24.6 Å². The molecule has 0 bridgehead atoms. The first-order valence-electron chi connectivity index (χ1n) is 7.18. The van der Waals surface area contributed by atoms with Gasteiger partial charge in [-0.25, -0.2) is 9.78 Å². The Bertz CT molecular complexity index is 878. The summed E-state index contributed by atoms with van der Waals surface area (Å²) in [5, 5.41) is 9.80. The molecule has 0 unspecified atom stereocenters. The van der Waals surface area contributed by atoms with Crippen molar-refractivity contribution in [2.45, 2.75) is 13.3 Å². The topological polar surface area (TPSA) is 59.4 Å². The first-order chi connectivity index (χ1) is 11.1. The first kappa shape index (κ1) is 15.5. The molecule has 0 fully saturated rings. The molecule has 0 spiro atoms. The molecule has 0 amide bonds. The summed E-state index contributed by atoms with van der Waals surface area (Å²) < 4.78 is 5.97. The lowest BCUT2D eigenvalue weighted by molar-refractivity contribution is 0.144.